The van der Waals surface area contributed by atoms with Gasteiger partial charge in [0.05, 0.1) is 0 Å². The van der Waals surface area contributed by atoms with Crippen LogP contribution in [-0.2, 0) is 14.3 Å². The number of carbonyl (C=O) groups is 3. The van der Waals surface area contributed by atoms with Crippen molar-refractivity contribution >= 4 is 23.6 Å². The van der Waals surface area contributed by atoms with E-state index in [1.807, 2.05) is 32.0 Å². The molecule has 1 saturated carbocycles. The van der Waals surface area contributed by atoms with Gasteiger partial charge in [0.2, 0.25) is 5.91 Å². The molecule has 0 aliphatic heterocycles. The Morgan fingerprint density at radius 2 is 1.69 bits per heavy atom. The predicted octanol–water partition coefficient (Wildman–Crippen LogP) is 4.53. The molecule has 35 heavy (non-hydrogen) atoms. The summed E-state index contributed by atoms with van der Waals surface area (Å²) >= 11 is 0. The lowest BCUT2D eigenvalue weighted by molar-refractivity contribution is -0.141. The highest BCUT2D eigenvalue weighted by molar-refractivity contribution is 5.99. The fourth-order valence-electron chi connectivity index (χ4n) is 3.95. The molecule has 0 heterocycles. The lowest BCUT2D eigenvalue weighted by Gasteiger charge is -2.34. The summed E-state index contributed by atoms with van der Waals surface area (Å²) < 4.78 is 5.31. The molecule has 8 heteroatoms. The van der Waals surface area contributed by atoms with Gasteiger partial charge in [0, 0.05) is 11.7 Å². The van der Waals surface area contributed by atoms with Crippen LogP contribution in [0.4, 0.5) is 10.5 Å². The van der Waals surface area contributed by atoms with Gasteiger partial charge >= 0.3 is 6.09 Å². The van der Waals surface area contributed by atoms with Gasteiger partial charge in [-0.3, -0.25) is 9.59 Å². The second-order valence-electron chi connectivity index (χ2n) is 10.2. The van der Waals surface area contributed by atoms with E-state index in [0.717, 1.165) is 12.0 Å². The molecule has 0 radical (unpaired) electrons. The number of phenols is 1. The van der Waals surface area contributed by atoms with Crippen LogP contribution in [0.15, 0.2) is 48.5 Å². The average molecular weight is 482 g/mol. The van der Waals surface area contributed by atoms with E-state index in [9.17, 15) is 19.5 Å². The molecule has 8 nitrogen and oxygen atoms in total. The maximum absolute atomic E-state index is 13.7. The van der Waals surface area contributed by atoms with Crippen molar-refractivity contribution in [1.29, 1.82) is 0 Å². The number of hydrogen-bond acceptors (Lipinski definition) is 5. The smallest absolute Gasteiger partial charge is 0.408 e. The van der Waals surface area contributed by atoms with E-state index in [1.54, 1.807) is 50.8 Å². The van der Waals surface area contributed by atoms with Crippen LogP contribution in [0.25, 0.3) is 0 Å². The zero-order valence-corrected chi connectivity index (χ0v) is 21.2. The minimum atomic E-state index is -0.958. The predicted molar refractivity (Wildman–Crippen MR) is 134 cm³/mol. The van der Waals surface area contributed by atoms with E-state index in [4.69, 9.17) is 4.74 Å². The molecule has 2 aromatic carbocycles. The van der Waals surface area contributed by atoms with Crippen molar-refractivity contribution in [2.75, 3.05) is 5.32 Å². The van der Waals surface area contributed by atoms with Crippen LogP contribution in [0.5, 0.6) is 5.75 Å². The van der Waals surface area contributed by atoms with Gasteiger partial charge < -0.3 is 25.4 Å². The molecule has 4 unspecified atom stereocenters. The Balaban J connectivity index is 1.94. The summed E-state index contributed by atoms with van der Waals surface area (Å²) in [7, 11) is 0. The summed E-state index contributed by atoms with van der Waals surface area (Å²) in [6.07, 6.45) is 0.0459. The number of anilines is 1. The molecule has 3 N–H and O–H groups in total. The van der Waals surface area contributed by atoms with E-state index in [-0.39, 0.29) is 29.5 Å². The van der Waals surface area contributed by atoms with E-state index >= 15 is 0 Å². The SMILES string of the molecule is Cc1ccccc1NC(=O)C(c1ccc(O)cc1)N(C(=O)C(C)NC(=O)OC(C)(C)C)C1CC1C. The van der Waals surface area contributed by atoms with E-state index in [2.05, 4.69) is 10.6 Å². The van der Waals surface area contributed by atoms with Crippen LogP contribution >= 0.6 is 0 Å². The first-order valence-corrected chi connectivity index (χ1v) is 11.8. The Morgan fingerprint density at radius 3 is 2.23 bits per heavy atom. The molecule has 188 valence electrons. The van der Waals surface area contributed by atoms with Crippen LogP contribution < -0.4 is 10.6 Å². The number of ether oxygens (including phenoxy) is 1. The molecule has 1 aliphatic carbocycles. The van der Waals surface area contributed by atoms with Crippen molar-refractivity contribution in [2.45, 2.75) is 71.7 Å². The second kappa shape index (κ2) is 10.4. The first-order chi connectivity index (χ1) is 16.4. The minimum Gasteiger partial charge on any atom is -0.508 e. The van der Waals surface area contributed by atoms with Crippen molar-refractivity contribution in [3.8, 4) is 5.75 Å². The average Bonchev–Trinajstić information content (AvgIpc) is 3.48. The number of rotatable bonds is 7. The third kappa shape index (κ3) is 6.74. The number of amides is 3. The molecule has 1 aliphatic rings. The number of aromatic hydroxyl groups is 1. The Labute approximate surface area is 206 Å². The zero-order chi connectivity index (χ0) is 25.9. The Hall–Kier alpha value is -3.55. The molecule has 0 bridgehead atoms. The van der Waals surface area contributed by atoms with Crippen molar-refractivity contribution in [2.24, 2.45) is 5.92 Å². The van der Waals surface area contributed by atoms with Gasteiger partial charge in [0.1, 0.15) is 23.4 Å². The Morgan fingerprint density at radius 1 is 1.09 bits per heavy atom. The summed E-state index contributed by atoms with van der Waals surface area (Å²) in [5, 5.41) is 15.4. The van der Waals surface area contributed by atoms with Gasteiger partial charge in [-0.2, -0.15) is 0 Å². The molecule has 1 fully saturated rings. The highest BCUT2D eigenvalue weighted by Gasteiger charge is 2.47. The van der Waals surface area contributed by atoms with Crippen LogP contribution in [0.3, 0.4) is 0 Å². The Kier molecular flexibility index (Phi) is 7.73. The third-order valence-corrected chi connectivity index (χ3v) is 5.92. The standard InChI is InChI=1S/C27H35N3O5/c1-16-9-7-8-10-21(16)29-24(32)23(19-11-13-20(31)14-12-19)30(22-15-17(22)2)25(33)18(3)28-26(34)35-27(4,5)6/h7-14,17-18,22-23,31H,15H2,1-6H3,(H,28,34)(H,29,32). The molecule has 3 rings (SSSR count). The largest absolute Gasteiger partial charge is 0.508 e. The van der Waals surface area contributed by atoms with Crippen LogP contribution in [0.1, 0.15) is 58.2 Å². The molecule has 0 spiro atoms. The number of benzene rings is 2. The van der Waals surface area contributed by atoms with Crippen molar-refractivity contribution in [3.63, 3.8) is 0 Å². The number of phenolic OH excluding ortho intramolecular Hbond substituents is 1. The fourth-order valence-corrected chi connectivity index (χ4v) is 3.95. The number of aryl methyl sites for hydroxylation is 1. The van der Waals surface area contributed by atoms with Gasteiger partial charge in [-0.25, -0.2) is 4.79 Å². The van der Waals surface area contributed by atoms with Gasteiger partial charge in [-0.15, -0.1) is 0 Å². The van der Waals surface area contributed by atoms with Crippen molar-refractivity contribution < 1.29 is 24.2 Å². The van der Waals surface area contributed by atoms with Gasteiger partial charge in [0.25, 0.3) is 5.91 Å². The number of nitrogens with one attached hydrogen (secondary N) is 2. The molecule has 3 amide bonds. The van der Waals surface area contributed by atoms with Crippen molar-refractivity contribution in [3.05, 3.63) is 59.7 Å². The van der Waals surface area contributed by atoms with E-state index in [1.165, 1.54) is 12.1 Å². The normalized spacial score (nSPS) is 18.7. The molecule has 4 atom stereocenters. The van der Waals surface area contributed by atoms with E-state index in [0.29, 0.717) is 11.3 Å². The number of carbonyl (C=O) groups excluding carboxylic acids is 3. The maximum atomic E-state index is 13.7. The van der Waals surface area contributed by atoms with Crippen molar-refractivity contribution in [1.82, 2.24) is 10.2 Å². The molecule has 0 aromatic heterocycles. The van der Waals surface area contributed by atoms with Crippen LogP contribution in [0, 0.1) is 12.8 Å². The zero-order valence-electron chi connectivity index (χ0n) is 21.2. The summed E-state index contributed by atoms with van der Waals surface area (Å²) in [6, 6.07) is 11.6. The van der Waals surface area contributed by atoms with Gasteiger partial charge in [-0.1, -0.05) is 37.3 Å². The summed E-state index contributed by atoms with van der Waals surface area (Å²) in [6.45, 7) is 10.7. The lowest BCUT2D eigenvalue weighted by atomic mass is 10.0. The second-order valence-corrected chi connectivity index (χ2v) is 10.2. The molecular weight excluding hydrogens is 446 g/mol. The Bertz CT molecular complexity index is 1080. The number of hydrogen-bond donors (Lipinski definition) is 3. The topological polar surface area (TPSA) is 108 Å². The van der Waals surface area contributed by atoms with Crippen LogP contribution in [0.2, 0.25) is 0 Å². The third-order valence-electron chi connectivity index (χ3n) is 5.92. The lowest BCUT2D eigenvalue weighted by Crippen LogP contribution is -2.52. The highest BCUT2D eigenvalue weighted by atomic mass is 16.6. The monoisotopic (exact) mass is 481 g/mol. The molecular formula is C27H35N3O5. The first kappa shape index (κ1) is 26.1. The van der Waals surface area contributed by atoms with Crippen LogP contribution in [-0.4, -0.2) is 45.6 Å². The minimum absolute atomic E-state index is 0.0597. The number of nitrogens with zero attached hydrogens (tertiary/aromatic N) is 1. The fraction of sp³-hybridized carbons (Fsp3) is 0.444. The van der Waals surface area contributed by atoms with Gasteiger partial charge in [0.15, 0.2) is 0 Å². The quantitative estimate of drug-likeness (QED) is 0.538. The van der Waals surface area contributed by atoms with E-state index < -0.39 is 23.8 Å². The molecule has 0 saturated heterocycles. The van der Waals surface area contributed by atoms with Gasteiger partial charge in [-0.05, 0) is 76.3 Å². The number of para-hydroxylation sites is 1. The summed E-state index contributed by atoms with van der Waals surface area (Å²) in [4.78, 5) is 41.3. The number of alkyl carbamates (subject to hydrolysis) is 1. The summed E-state index contributed by atoms with van der Waals surface area (Å²) in [5.41, 5.74) is 1.39. The summed E-state index contributed by atoms with van der Waals surface area (Å²) in [5.74, 6) is -0.492. The highest BCUT2D eigenvalue weighted by Crippen LogP contribution is 2.41. The first-order valence-electron chi connectivity index (χ1n) is 11.8. The molecule has 2 aromatic rings. The maximum Gasteiger partial charge on any atom is 0.408 e.